The van der Waals surface area contributed by atoms with E-state index in [1.807, 2.05) is 44.2 Å². The van der Waals surface area contributed by atoms with Gasteiger partial charge in [0.1, 0.15) is 5.75 Å². The van der Waals surface area contributed by atoms with E-state index in [9.17, 15) is 9.59 Å². The Kier molecular flexibility index (Phi) is 5.98. The van der Waals surface area contributed by atoms with Gasteiger partial charge in [0.05, 0.1) is 30.0 Å². The summed E-state index contributed by atoms with van der Waals surface area (Å²) in [5.74, 6) is -0.250. The molecule has 7 nitrogen and oxygen atoms in total. The van der Waals surface area contributed by atoms with Crippen molar-refractivity contribution in [2.24, 2.45) is 0 Å². The summed E-state index contributed by atoms with van der Waals surface area (Å²) in [7, 11) is 1.55. The summed E-state index contributed by atoms with van der Waals surface area (Å²) < 4.78 is 12.3. The summed E-state index contributed by atoms with van der Waals surface area (Å²) in [5.41, 5.74) is 2.86. The fraction of sp³-hybridized carbons (Fsp3) is 0.200. The van der Waals surface area contributed by atoms with Crippen molar-refractivity contribution in [2.45, 2.75) is 19.9 Å². The van der Waals surface area contributed by atoms with Crippen LogP contribution in [0.5, 0.6) is 5.75 Å². The molecule has 0 aliphatic rings. The molecule has 0 bridgehead atoms. The number of benzene rings is 2. The van der Waals surface area contributed by atoms with Crippen molar-refractivity contribution >= 4 is 22.8 Å². The molecule has 4 aromatic rings. The Morgan fingerprint density at radius 3 is 2.41 bits per heavy atom. The number of rotatable bonds is 7. The third kappa shape index (κ3) is 4.23. The van der Waals surface area contributed by atoms with Gasteiger partial charge in [-0.05, 0) is 44.2 Å². The van der Waals surface area contributed by atoms with Crippen LogP contribution in [0.1, 0.15) is 40.6 Å². The zero-order valence-corrected chi connectivity index (χ0v) is 18.1. The molecule has 7 heteroatoms. The molecule has 2 aromatic carbocycles. The van der Waals surface area contributed by atoms with E-state index in [-0.39, 0.29) is 18.4 Å². The number of carbonyl (C=O) groups excluding carboxylic acids is 2. The van der Waals surface area contributed by atoms with E-state index in [4.69, 9.17) is 14.5 Å². The quantitative estimate of drug-likeness (QED) is 0.312. The van der Waals surface area contributed by atoms with Crippen LogP contribution in [0.2, 0.25) is 0 Å². The molecular weight excluding hydrogens is 406 g/mol. The van der Waals surface area contributed by atoms with Gasteiger partial charge >= 0.3 is 5.97 Å². The number of fused-ring (bicyclic) bond motifs is 1. The normalized spacial score (nSPS) is 11.0. The molecule has 0 amide bonds. The van der Waals surface area contributed by atoms with Crippen molar-refractivity contribution in [1.29, 1.82) is 0 Å². The van der Waals surface area contributed by atoms with Crippen molar-refractivity contribution < 1.29 is 19.1 Å². The molecule has 0 N–H and O–H groups in total. The molecular formula is C25H23N3O4. The Morgan fingerprint density at radius 2 is 1.75 bits per heavy atom. The van der Waals surface area contributed by atoms with Crippen LogP contribution in [0.4, 0.5) is 0 Å². The average molecular weight is 429 g/mol. The van der Waals surface area contributed by atoms with Gasteiger partial charge < -0.3 is 9.47 Å². The molecule has 32 heavy (non-hydrogen) atoms. The molecule has 0 atom stereocenters. The van der Waals surface area contributed by atoms with Crippen LogP contribution in [0.25, 0.3) is 22.3 Å². The second kappa shape index (κ2) is 9.01. The third-order valence-corrected chi connectivity index (χ3v) is 5.09. The fourth-order valence-electron chi connectivity index (χ4n) is 3.39. The Bertz CT molecular complexity index is 1260. The van der Waals surface area contributed by atoms with Gasteiger partial charge in [-0.15, -0.1) is 0 Å². The van der Waals surface area contributed by atoms with E-state index in [1.165, 1.54) is 0 Å². The number of Topliss-reactive ketones (excluding diaryl/α,β-unsaturated/α-hetero) is 1. The predicted octanol–water partition coefficient (Wildman–Crippen LogP) is 4.73. The number of pyridine rings is 1. The van der Waals surface area contributed by atoms with Gasteiger partial charge in [0.25, 0.3) is 0 Å². The van der Waals surface area contributed by atoms with Crippen LogP contribution < -0.4 is 4.74 Å². The number of hydrogen-bond acceptors (Lipinski definition) is 6. The average Bonchev–Trinajstić information content (AvgIpc) is 3.26. The highest BCUT2D eigenvalue weighted by molar-refractivity contribution is 6.05. The number of ether oxygens (including phenoxy) is 2. The molecule has 4 rings (SSSR count). The second-order valence-corrected chi connectivity index (χ2v) is 7.57. The maximum Gasteiger partial charge on any atom is 0.339 e. The van der Waals surface area contributed by atoms with Gasteiger partial charge in [-0.1, -0.05) is 30.3 Å². The predicted molar refractivity (Wildman–Crippen MR) is 121 cm³/mol. The van der Waals surface area contributed by atoms with Gasteiger partial charge in [-0.25, -0.2) is 14.5 Å². The van der Waals surface area contributed by atoms with Crippen LogP contribution in [-0.4, -0.2) is 40.2 Å². The van der Waals surface area contributed by atoms with Crippen LogP contribution in [0.15, 0.2) is 66.9 Å². The number of aromatic nitrogens is 3. The fourth-order valence-corrected chi connectivity index (χ4v) is 3.39. The van der Waals surface area contributed by atoms with E-state index in [2.05, 4.69) is 5.10 Å². The summed E-state index contributed by atoms with van der Waals surface area (Å²) in [6, 6.07) is 18.0. The van der Waals surface area contributed by atoms with E-state index >= 15 is 0 Å². The Hall–Kier alpha value is -4.00. The van der Waals surface area contributed by atoms with Crippen molar-refractivity contribution in [3.05, 3.63) is 78.0 Å². The monoisotopic (exact) mass is 429 g/mol. The van der Waals surface area contributed by atoms with Gasteiger partial charge in [-0.2, -0.15) is 5.10 Å². The first kappa shape index (κ1) is 21.2. The molecule has 0 spiro atoms. The van der Waals surface area contributed by atoms with Gasteiger partial charge in [-0.3, -0.25) is 4.79 Å². The van der Waals surface area contributed by atoms with Crippen molar-refractivity contribution in [3.8, 4) is 17.0 Å². The lowest BCUT2D eigenvalue weighted by Gasteiger charge is -2.11. The van der Waals surface area contributed by atoms with E-state index in [0.717, 1.165) is 5.56 Å². The number of nitrogens with zero attached hydrogens (tertiary/aromatic N) is 3. The largest absolute Gasteiger partial charge is 0.497 e. The molecule has 0 radical (unpaired) electrons. The highest BCUT2D eigenvalue weighted by Crippen LogP contribution is 2.27. The van der Waals surface area contributed by atoms with Crippen molar-refractivity contribution in [2.75, 3.05) is 13.7 Å². The molecule has 0 aliphatic heterocycles. The van der Waals surface area contributed by atoms with Crippen molar-refractivity contribution in [1.82, 2.24) is 14.8 Å². The summed E-state index contributed by atoms with van der Waals surface area (Å²) in [4.78, 5) is 30.2. The number of ketones is 1. The number of esters is 1. The van der Waals surface area contributed by atoms with Crippen LogP contribution in [-0.2, 0) is 4.74 Å². The van der Waals surface area contributed by atoms with Crippen molar-refractivity contribution in [3.63, 3.8) is 0 Å². The Morgan fingerprint density at radius 1 is 1.03 bits per heavy atom. The lowest BCUT2D eigenvalue weighted by atomic mass is 10.1. The number of hydrogen-bond donors (Lipinski definition) is 0. The molecule has 0 saturated heterocycles. The first-order valence-electron chi connectivity index (χ1n) is 10.3. The Balaban J connectivity index is 1.64. The highest BCUT2D eigenvalue weighted by Gasteiger charge is 2.20. The second-order valence-electron chi connectivity index (χ2n) is 7.57. The molecule has 0 aliphatic carbocycles. The summed E-state index contributed by atoms with van der Waals surface area (Å²) in [6.07, 6.45) is 1.61. The molecule has 0 unspecified atom stereocenters. The standard InChI is InChI=1S/C25H23N3O4/c1-16(2)28-24-21(14-26-28)20(13-22(27-24)17-7-5-4-6-8-17)25(30)32-15-23(29)18-9-11-19(31-3)12-10-18/h4-14,16H,15H2,1-3H3. The molecule has 2 aromatic heterocycles. The first-order chi connectivity index (χ1) is 15.5. The SMILES string of the molecule is COc1ccc(C(=O)COC(=O)c2cc(-c3ccccc3)nc3c2cnn3C(C)C)cc1. The van der Waals surface area contributed by atoms with E-state index in [1.54, 1.807) is 48.3 Å². The van der Waals surface area contributed by atoms with Crippen LogP contribution >= 0.6 is 0 Å². The smallest absolute Gasteiger partial charge is 0.339 e. The molecule has 162 valence electrons. The minimum atomic E-state index is -0.597. The zero-order valence-electron chi connectivity index (χ0n) is 18.1. The molecule has 0 saturated carbocycles. The topological polar surface area (TPSA) is 83.3 Å². The minimum Gasteiger partial charge on any atom is -0.497 e. The summed E-state index contributed by atoms with van der Waals surface area (Å²) in [5, 5.41) is 4.98. The number of carbonyl (C=O) groups is 2. The van der Waals surface area contributed by atoms with Gasteiger partial charge in [0, 0.05) is 17.2 Å². The maximum atomic E-state index is 13.0. The highest BCUT2D eigenvalue weighted by atomic mass is 16.5. The Labute approximate surface area is 185 Å². The summed E-state index contributed by atoms with van der Waals surface area (Å²) in [6.45, 7) is 3.62. The van der Waals surface area contributed by atoms with E-state index in [0.29, 0.717) is 33.6 Å². The first-order valence-corrected chi connectivity index (χ1v) is 10.3. The lowest BCUT2D eigenvalue weighted by Crippen LogP contribution is -2.15. The van der Waals surface area contributed by atoms with Crippen LogP contribution in [0.3, 0.4) is 0 Å². The van der Waals surface area contributed by atoms with Gasteiger partial charge in [0.2, 0.25) is 0 Å². The van der Waals surface area contributed by atoms with E-state index < -0.39 is 5.97 Å². The number of methoxy groups -OCH3 is 1. The third-order valence-electron chi connectivity index (χ3n) is 5.09. The maximum absolute atomic E-state index is 13.0. The van der Waals surface area contributed by atoms with Crippen LogP contribution in [0, 0.1) is 0 Å². The molecule has 2 heterocycles. The minimum absolute atomic E-state index is 0.0616. The lowest BCUT2D eigenvalue weighted by molar-refractivity contribution is 0.0476. The zero-order chi connectivity index (χ0) is 22.7. The summed E-state index contributed by atoms with van der Waals surface area (Å²) >= 11 is 0. The van der Waals surface area contributed by atoms with Gasteiger partial charge in [0.15, 0.2) is 18.0 Å². The molecule has 0 fully saturated rings.